The number of amides is 4. The van der Waals surface area contributed by atoms with Crippen LogP contribution in [0.1, 0.15) is 54.2 Å². The SMILES string of the molecule is Cc1c(C(=O)NN2C(=O)NC3(CCC(C)CC3)C2=O)cnn1-c1cccc(C(F)(F)F)c1. The first kappa shape index (κ1) is 21.8. The Bertz CT molecular complexity index is 1090. The molecule has 4 amide bonds. The molecular formula is C21H22F3N5O3. The summed E-state index contributed by atoms with van der Waals surface area (Å²) in [7, 11) is 0. The van der Waals surface area contributed by atoms with Gasteiger partial charge in [0.25, 0.3) is 11.8 Å². The number of rotatable bonds is 3. The highest BCUT2D eigenvalue weighted by Gasteiger charge is 2.53. The number of hydrazine groups is 1. The molecule has 2 fully saturated rings. The lowest BCUT2D eigenvalue weighted by Gasteiger charge is -2.33. The minimum Gasteiger partial charge on any atom is -0.322 e. The van der Waals surface area contributed by atoms with Crippen molar-refractivity contribution in [2.45, 2.75) is 51.2 Å². The number of nitrogens with one attached hydrogen (secondary N) is 2. The Kier molecular flexibility index (Phi) is 5.22. The highest BCUT2D eigenvalue weighted by Crippen LogP contribution is 2.36. The Hall–Kier alpha value is -3.37. The Morgan fingerprint density at radius 1 is 1.25 bits per heavy atom. The summed E-state index contributed by atoms with van der Waals surface area (Å²) in [6.45, 7) is 3.59. The van der Waals surface area contributed by atoms with Gasteiger partial charge in [-0.05, 0) is 56.7 Å². The standard InChI is InChI=1S/C21H22F3N5O3/c1-12-6-8-20(9-7-12)18(31)29(19(32)26-20)27-17(30)16-11-25-28(13(16)2)15-5-3-4-14(10-15)21(22,23)24/h3-5,10-12H,6-9H2,1-2H3,(H,26,32)(H,27,30). The van der Waals surface area contributed by atoms with Crippen LogP contribution < -0.4 is 10.7 Å². The molecule has 1 aliphatic heterocycles. The molecule has 2 N–H and O–H groups in total. The molecule has 1 aromatic heterocycles. The van der Waals surface area contributed by atoms with Crippen LogP contribution in [0, 0.1) is 12.8 Å². The van der Waals surface area contributed by atoms with Crippen LogP contribution >= 0.6 is 0 Å². The molecule has 0 bridgehead atoms. The molecule has 2 aliphatic rings. The Morgan fingerprint density at radius 3 is 2.59 bits per heavy atom. The van der Waals surface area contributed by atoms with Crippen LogP contribution in [0.5, 0.6) is 0 Å². The molecule has 8 nitrogen and oxygen atoms in total. The van der Waals surface area contributed by atoms with Gasteiger partial charge >= 0.3 is 12.2 Å². The minimum atomic E-state index is -4.52. The zero-order valence-electron chi connectivity index (χ0n) is 17.5. The van der Waals surface area contributed by atoms with E-state index in [1.165, 1.54) is 29.9 Å². The third-order valence-electron chi connectivity index (χ3n) is 6.18. The molecule has 2 heterocycles. The van der Waals surface area contributed by atoms with Crippen molar-refractivity contribution in [1.29, 1.82) is 0 Å². The number of imide groups is 1. The van der Waals surface area contributed by atoms with E-state index >= 15 is 0 Å². The Labute approximate surface area is 181 Å². The molecule has 170 valence electrons. The van der Waals surface area contributed by atoms with Crippen molar-refractivity contribution >= 4 is 17.8 Å². The maximum Gasteiger partial charge on any atom is 0.416 e. The van der Waals surface area contributed by atoms with Crippen LogP contribution in [-0.4, -0.2) is 38.2 Å². The third kappa shape index (κ3) is 3.71. The second kappa shape index (κ2) is 7.64. The smallest absolute Gasteiger partial charge is 0.322 e. The number of alkyl halides is 3. The van der Waals surface area contributed by atoms with Gasteiger partial charge < -0.3 is 5.32 Å². The van der Waals surface area contributed by atoms with E-state index in [9.17, 15) is 27.6 Å². The van der Waals surface area contributed by atoms with Crippen LogP contribution in [0.3, 0.4) is 0 Å². The number of halogens is 3. The van der Waals surface area contributed by atoms with Gasteiger partial charge in [0.15, 0.2) is 0 Å². The van der Waals surface area contributed by atoms with Gasteiger partial charge in [0, 0.05) is 0 Å². The van der Waals surface area contributed by atoms with Crippen molar-refractivity contribution in [3.05, 3.63) is 47.3 Å². The lowest BCUT2D eigenvalue weighted by atomic mass is 9.77. The molecule has 1 aliphatic carbocycles. The number of benzene rings is 1. The van der Waals surface area contributed by atoms with Crippen molar-refractivity contribution < 1.29 is 27.6 Å². The fourth-order valence-electron chi connectivity index (χ4n) is 4.18. The van der Waals surface area contributed by atoms with E-state index in [1.54, 1.807) is 0 Å². The highest BCUT2D eigenvalue weighted by atomic mass is 19.4. The van der Waals surface area contributed by atoms with Crippen molar-refractivity contribution in [1.82, 2.24) is 25.5 Å². The molecule has 1 aromatic carbocycles. The summed E-state index contributed by atoms with van der Waals surface area (Å²) in [5.74, 6) is -0.811. The van der Waals surface area contributed by atoms with Gasteiger partial charge in [0.1, 0.15) is 5.54 Å². The number of carbonyl (C=O) groups is 3. The Morgan fingerprint density at radius 2 is 1.94 bits per heavy atom. The van der Waals surface area contributed by atoms with E-state index in [1.807, 2.05) is 0 Å². The number of hydrogen-bond donors (Lipinski definition) is 2. The molecule has 32 heavy (non-hydrogen) atoms. The van der Waals surface area contributed by atoms with E-state index in [0.29, 0.717) is 23.8 Å². The lowest BCUT2D eigenvalue weighted by molar-refractivity contribution is -0.137. The second-order valence-corrected chi connectivity index (χ2v) is 8.38. The van der Waals surface area contributed by atoms with Crippen molar-refractivity contribution in [2.75, 3.05) is 0 Å². The van der Waals surface area contributed by atoms with Gasteiger partial charge in [0.05, 0.1) is 28.7 Å². The first-order valence-electron chi connectivity index (χ1n) is 10.2. The summed E-state index contributed by atoms with van der Waals surface area (Å²) in [6.07, 6.45) is -0.766. The fourth-order valence-corrected chi connectivity index (χ4v) is 4.18. The molecule has 1 saturated carbocycles. The summed E-state index contributed by atoms with van der Waals surface area (Å²) in [5, 5.41) is 7.41. The minimum absolute atomic E-state index is 0.0289. The van der Waals surface area contributed by atoms with Gasteiger partial charge in [-0.25, -0.2) is 9.48 Å². The predicted octanol–water partition coefficient (Wildman–Crippen LogP) is 3.35. The average molecular weight is 449 g/mol. The normalized spacial score (nSPS) is 23.5. The second-order valence-electron chi connectivity index (χ2n) is 8.38. The van der Waals surface area contributed by atoms with E-state index in [-0.39, 0.29) is 16.9 Å². The molecule has 0 atom stereocenters. The topological polar surface area (TPSA) is 96.3 Å². The van der Waals surface area contributed by atoms with Crippen LogP contribution in [0.2, 0.25) is 0 Å². The number of urea groups is 1. The van der Waals surface area contributed by atoms with Crippen molar-refractivity contribution in [2.24, 2.45) is 5.92 Å². The summed E-state index contributed by atoms with van der Waals surface area (Å²) in [4.78, 5) is 38.1. The first-order chi connectivity index (χ1) is 15.0. The van der Waals surface area contributed by atoms with Gasteiger partial charge in [-0.1, -0.05) is 13.0 Å². The van der Waals surface area contributed by atoms with Gasteiger partial charge in [-0.3, -0.25) is 15.0 Å². The van der Waals surface area contributed by atoms with Crippen molar-refractivity contribution in [3.63, 3.8) is 0 Å². The summed E-state index contributed by atoms with van der Waals surface area (Å²) >= 11 is 0. The number of aromatic nitrogens is 2. The van der Waals surface area contributed by atoms with E-state index in [2.05, 4.69) is 22.8 Å². The first-order valence-corrected chi connectivity index (χ1v) is 10.2. The number of hydrogen-bond acceptors (Lipinski definition) is 4. The molecule has 2 aromatic rings. The van der Waals surface area contributed by atoms with E-state index in [4.69, 9.17) is 0 Å². The van der Waals surface area contributed by atoms with E-state index < -0.39 is 35.1 Å². The monoisotopic (exact) mass is 449 g/mol. The molecule has 1 saturated heterocycles. The molecular weight excluding hydrogens is 427 g/mol. The quantitative estimate of drug-likeness (QED) is 0.703. The van der Waals surface area contributed by atoms with Crippen LogP contribution in [0.4, 0.5) is 18.0 Å². The summed E-state index contributed by atoms with van der Waals surface area (Å²) in [5.41, 5.74) is 0.882. The average Bonchev–Trinajstić information content (AvgIpc) is 3.23. The molecule has 4 rings (SSSR count). The van der Waals surface area contributed by atoms with Gasteiger partial charge in [-0.15, -0.1) is 0 Å². The highest BCUT2D eigenvalue weighted by molar-refractivity contribution is 6.09. The van der Waals surface area contributed by atoms with Crippen LogP contribution in [0.15, 0.2) is 30.5 Å². The zero-order chi connectivity index (χ0) is 23.3. The van der Waals surface area contributed by atoms with Crippen LogP contribution in [0.25, 0.3) is 5.69 Å². The van der Waals surface area contributed by atoms with Crippen LogP contribution in [-0.2, 0) is 11.0 Å². The summed E-state index contributed by atoms with van der Waals surface area (Å²) in [6, 6.07) is 3.84. The van der Waals surface area contributed by atoms with Gasteiger partial charge in [0.2, 0.25) is 0 Å². The number of carbonyl (C=O) groups excluding carboxylic acids is 3. The molecule has 1 spiro atoms. The number of nitrogens with zero attached hydrogens (tertiary/aromatic N) is 3. The lowest BCUT2D eigenvalue weighted by Crippen LogP contribution is -2.51. The zero-order valence-corrected chi connectivity index (χ0v) is 17.5. The fraction of sp³-hybridized carbons (Fsp3) is 0.429. The largest absolute Gasteiger partial charge is 0.416 e. The van der Waals surface area contributed by atoms with E-state index in [0.717, 1.165) is 25.0 Å². The molecule has 0 radical (unpaired) electrons. The summed E-state index contributed by atoms with van der Waals surface area (Å²) < 4.78 is 40.3. The van der Waals surface area contributed by atoms with Gasteiger partial charge in [-0.2, -0.15) is 23.3 Å². The predicted molar refractivity (Wildman–Crippen MR) is 107 cm³/mol. The molecule has 11 heteroatoms. The Balaban J connectivity index is 1.54. The third-order valence-corrected chi connectivity index (χ3v) is 6.18. The maximum atomic E-state index is 13.0. The van der Waals surface area contributed by atoms with Crippen molar-refractivity contribution in [3.8, 4) is 5.69 Å². The maximum absolute atomic E-state index is 13.0. The molecule has 0 unspecified atom stereocenters.